The van der Waals surface area contributed by atoms with E-state index in [0.717, 1.165) is 11.4 Å². The van der Waals surface area contributed by atoms with Gasteiger partial charge in [-0.25, -0.2) is 0 Å². The first kappa shape index (κ1) is 10.3. The minimum absolute atomic E-state index is 0.0138. The fourth-order valence-electron chi connectivity index (χ4n) is 1.70. The lowest BCUT2D eigenvalue weighted by Gasteiger charge is -2.26. The zero-order valence-corrected chi connectivity index (χ0v) is 9.16. The lowest BCUT2D eigenvalue weighted by molar-refractivity contribution is 0.207. The zero-order chi connectivity index (χ0) is 10.8. The third-order valence-corrected chi connectivity index (χ3v) is 2.69. The smallest absolute Gasteiger partial charge is 0.142 e. The van der Waals surface area contributed by atoms with Crippen LogP contribution in [0.1, 0.15) is 25.3 Å². The monoisotopic (exact) mass is 207 g/mol. The van der Waals surface area contributed by atoms with Gasteiger partial charge >= 0.3 is 0 Å². The molecule has 82 valence electrons. The van der Waals surface area contributed by atoms with E-state index in [9.17, 15) is 0 Å². The summed E-state index contributed by atoms with van der Waals surface area (Å²) >= 11 is 0. The van der Waals surface area contributed by atoms with Crippen LogP contribution in [0.15, 0.2) is 18.2 Å². The van der Waals surface area contributed by atoms with Crippen molar-refractivity contribution >= 4 is 5.69 Å². The van der Waals surface area contributed by atoms with Gasteiger partial charge in [0, 0.05) is 0 Å². The second-order valence-electron chi connectivity index (χ2n) is 4.25. The van der Waals surface area contributed by atoms with E-state index >= 15 is 0 Å². The minimum atomic E-state index is 0.0138. The number of rotatable bonds is 2. The minimum Gasteiger partial charge on any atom is -0.489 e. The Bertz CT molecular complexity index is 349. The molecule has 2 rings (SSSR count). The Labute approximate surface area is 90.1 Å². The summed E-state index contributed by atoms with van der Waals surface area (Å²) in [7, 11) is 0. The van der Waals surface area contributed by atoms with Gasteiger partial charge in [0.15, 0.2) is 0 Å². The standard InChI is InChI=1S/C12H17NO2/c1-8(2)9-3-4-12-11(5-9)13-10(6-14)7-15-12/h3-5,8,10,13-14H,6-7H2,1-2H3. The van der Waals surface area contributed by atoms with Crippen LogP contribution in [0.2, 0.25) is 0 Å². The van der Waals surface area contributed by atoms with Crippen molar-refractivity contribution in [1.82, 2.24) is 0 Å². The van der Waals surface area contributed by atoms with Gasteiger partial charge in [0.1, 0.15) is 12.4 Å². The van der Waals surface area contributed by atoms with Crippen LogP contribution in [-0.4, -0.2) is 24.4 Å². The number of benzene rings is 1. The van der Waals surface area contributed by atoms with Crippen LogP contribution in [0.4, 0.5) is 5.69 Å². The Morgan fingerprint density at radius 3 is 3.00 bits per heavy atom. The predicted molar refractivity (Wildman–Crippen MR) is 60.5 cm³/mol. The summed E-state index contributed by atoms with van der Waals surface area (Å²) in [6.07, 6.45) is 0. The van der Waals surface area contributed by atoms with E-state index in [4.69, 9.17) is 9.84 Å². The van der Waals surface area contributed by atoms with Gasteiger partial charge in [-0.2, -0.15) is 0 Å². The van der Waals surface area contributed by atoms with Gasteiger partial charge in [-0.3, -0.25) is 0 Å². The highest BCUT2D eigenvalue weighted by Gasteiger charge is 2.18. The van der Waals surface area contributed by atoms with Gasteiger partial charge in [-0.1, -0.05) is 19.9 Å². The van der Waals surface area contributed by atoms with Crippen molar-refractivity contribution < 1.29 is 9.84 Å². The molecule has 1 heterocycles. The second kappa shape index (κ2) is 4.11. The van der Waals surface area contributed by atoms with Crippen LogP contribution in [0, 0.1) is 0 Å². The quantitative estimate of drug-likeness (QED) is 0.779. The van der Waals surface area contributed by atoms with Crippen molar-refractivity contribution in [1.29, 1.82) is 0 Å². The maximum atomic E-state index is 9.05. The van der Waals surface area contributed by atoms with E-state index in [1.807, 2.05) is 6.07 Å². The van der Waals surface area contributed by atoms with Crippen LogP contribution < -0.4 is 10.1 Å². The third kappa shape index (κ3) is 2.07. The van der Waals surface area contributed by atoms with Crippen molar-refractivity contribution in [2.45, 2.75) is 25.8 Å². The highest BCUT2D eigenvalue weighted by Crippen LogP contribution is 2.31. The average molecular weight is 207 g/mol. The van der Waals surface area contributed by atoms with Crippen LogP contribution in [0.3, 0.4) is 0 Å². The number of aliphatic hydroxyl groups excluding tert-OH is 1. The summed E-state index contributed by atoms with van der Waals surface area (Å²) in [5.41, 5.74) is 2.27. The topological polar surface area (TPSA) is 41.5 Å². The van der Waals surface area contributed by atoms with Gasteiger partial charge in [0.05, 0.1) is 18.3 Å². The third-order valence-electron chi connectivity index (χ3n) is 2.69. The van der Waals surface area contributed by atoms with Gasteiger partial charge in [0.2, 0.25) is 0 Å². The SMILES string of the molecule is CC(C)c1ccc2c(c1)NC(CO)CO2. The molecular weight excluding hydrogens is 190 g/mol. The highest BCUT2D eigenvalue weighted by molar-refractivity contribution is 5.60. The summed E-state index contributed by atoms with van der Waals surface area (Å²) in [5.74, 6) is 1.38. The van der Waals surface area contributed by atoms with Crippen LogP contribution in [0.25, 0.3) is 0 Å². The molecule has 1 atom stereocenters. The highest BCUT2D eigenvalue weighted by atomic mass is 16.5. The summed E-state index contributed by atoms with van der Waals surface area (Å²) < 4.78 is 5.54. The number of nitrogens with one attached hydrogen (secondary N) is 1. The van der Waals surface area contributed by atoms with E-state index in [2.05, 4.69) is 31.3 Å². The number of ether oxygens (including phenoxy) is 1. The number of hydrogen-bond donors (Lipinski definition) is 2. The van der Waals surface area contributed by atoms with E-state index in [1.165, 1.54) is 5.56 Å². The zero-order valence-electron chi connectivity index (χ0n) is 9.16. The first-order chi connectivity index (χ1) is 7.20. The molecule has 1 aliphatic heterocycles. The predicted octanol–water partition coefficient (Wildman–Crippen LogP) is 1.98. The van der Waals surface area contributed by atoms with E-state index in [0.29, 0.717) is 12.5 Å². The molecule has 0 spiro atoms. The molecule has 15 heavy (non-hydrogen) atoms. The van der Waals surface area contributed by atoms with Gasteiger partial charge in [-0.05, 0) is 23.6 Å². The molecular formula is C12H17NO2. The van der Waals surface area contributed by atoms with Gasteiger partial charge in [-0.15, -0.1) is 0 Å². The molecule has 0 amide bonds. The lowest BCUT2D eigenvalue weighted by Crippen LogP contribution is -2.34. The Hall–Kier alpha value is -1.22. The molecule has 0 saturated carbocycles. The van der Waals surface area contributed by atoms with Crippen molar-refractivity contribution in [2.75, 3.05) is 18.5 Å². The van der Waals surface area contributed by atoms with Crippen LogP contribution in [-0.2, 0) is 0 Å². The maximum Gasteiger partial charge on any atom is 0.142 e. The lowest BCUT2D eigenvalue weighted by atomic mass is 10.0. The normalized spacial score (nSPS) is 19.3. The molecule has 0 saturated heterocycles. The summed E-state index contributed by atoms with van der Waals surface area (Å²) in [6.45, 7) is 4.96. The molecule has 0 radical (unpaired) electrons. The van der Waals surface area contributed by atoms with E-state index in [1.54, 1.807) is 0 Å². The van der Waals surface area contributed by atoms with E-state index in [-0.39, 0.29) is 12.6 Å². The van der Waals surface area contributed by atoms with E-state index < -0.39 is 0 Å². The molecule has 0 aromatic heterocycles. The molecule has 1 aliphatic rings. The molecule has 0 fully saturated rings. The molecule has 3 nitrogen and oxygen atoms in total. The number of aliphatic hydroxyl groups is 1. The number of hydrogen-bond acceptors (Lipinski definition) is 3. The van der Waals surface area contributed by atoms with Crippen molar-refractivity contribution in [3.05, 3.63) is 23.8 Å². The fraction of sp³-hybridized carbons (Fsp3) is 0.500. The Kier molecular flexibility index (Phi) is 2.82. The number of fused-ring (bicyclic) bond motifs is 1. The van der Waals surface area contributed by atoms with Crippen molar-refractivity contribution in [3.63, 3.8) is 0 Å². The summed E-state index contributed by atoms with van der Waals surface area (Å²) in [5, 5.41) is 12.3. The first-order valence-electron chi connectivity index (χ1n) is 5.35. The molecule has 3 heteroatoms. The second-order valence-corrected chi connectivity index (χ2v) is 4.25. The Morgan fingerprint density at radius 2 is 2.33 bits per heavy atom. The van der Waals surface area contributed by atoms with Gasteiger partial charge < -0.3 is 15.2 Å². The van der Waals surface area contributed by atoms with Crippen molar-refractivity contribution in [2.24, 2.45) is 0 Å². The Morgan fingerprint density at radius 1 is 1.53 bits per heavy atom. The molecule has 1 aromatic carbocycles. The molecule has 1 unspecified atom stereocenters. The molecule has 2 N–H and O–H groups in total. The fourth-order valence-corrected chi connectivity index (χ4v) is 1.70. The Balaban J connectivity index is 2.26. The van der Waals surface area contributed by atoms with Crippen LogP contribution in [0.5, 0.6) is 5.75 Å². The number of anilines is 1. The summed E-state index contributed by atoms with van der Waals surface area (Å²) in [4.78, 5) is 0. The average Bonchev–Trinajstić information content (AvgIpc) is 2.27. The largest absolute Gasteiger partial charge is 0.489 e. The molecule has 1 aromatic rings. The maximum absolute atomic E-state index is 9.05. The van der Waals surface area contributed by atoms with Gasteiger partial charge in [0.25, 0.3) is 0 Å². The molecule has 0 aliphatic carbocycles. The molecule has 0 bridgehead atoms. The summed E-state index contributed by atoms with van der Waals surface area (Å²) in [6, 6.07) is 6.19. The van der Waals surface area contributed by atoms with Crippen LogP contribution >= 0.6 is 0 Å². The van der Waals surface area contributed by atoms with Crippen molar-refractivity contribution in [3.8, 4) is 5.75 Å². The first-order valence-corrected chi connectivity index (χ1v) is 5.35.